The molecule has 0 bridgehead atoms. The summed E-state index contributed by atoms with van der Waals surface area (Å²) >= 11 is 0. The maximum absolute atomic E-state index is 13.0. The molecule has 1 fully saturated rings. The fourth-order valence-corrected chi connectivity index (χ4v) is 3.76. The second-order valence-electron chi connectivity index (χ2n) is 6.77. The van der Waals surface area contributed by atoms with Gasteiger partial charge in [0.25, 0.3) is 5.91 Å². The first-order chi connectivity index (χ1) is 12.6. The van der Waals surface area contributed by atoms with Crippen molar-refractivity contribution in [2.45, 2.75) is 31.4 Å². The number of carbonyl (C=O) groups excluding carboxylic acids is 1. The number of rotatable bonds is 3. The Kier molecular flexibility index (Phi) is 4.46. The van der Waals surface area contributed by atoms with Gasteiger partial charge in [0.05, 0.1) is 24.4 Å². The Bertz CT molecular complexity index is 824. The molecule has 7 nitrogen and oxygen atoms in total. The molecule has 1 unspecified atom stereocenters. The van der Waals surface area contributed by atoms with Crippen molar-refractivity contribution in [1.29, 1.82) is 0 Å². The van der Waals surface area contributed by atoms with E-state index < -0.39 is 12.1 Å². The Hall–Kier alpha value is -2.67. The lowest BCUT2D eigenvalue weighted by atomic mass is 9.96. The number of fused-ring (bicyclic) bond motifs is 1. The molecule has 2 aliphatic rings. The lowest BCUT2D eigenvalue weighted by Crippen LogP contribution is -2.43. The van der Waals surface area contributed by atoms with Crippen molar-refractivity contribution in [3.05, 3.63) is 53.3 Å². The number of carboxylic acids is 1. The van der Waals surface area contributed by atoms with Crippen molar-refractivity contribution in [2.75, 3.05) is 19.7 Å². The topological polar surface area (TPSA) is 84.7 Å². The van der Waals surface area contributed by atoms with Gasteiger partial charge in [0, 0.05) is 19.3 Å². The van der Waals surface area contributed by atoms with Crippen LogP contribution in [0.3, 0.4) is 0 Å². The molecule has 0 aliphatic carbocycles. The molecular formula is C19H21N3O4. The molecule has 3 heterocycles. The van der Waals surface area contributed by atoms with Crippen LogP contribution in [-0.2, 0) is 16.0 Å². The van der Waals surface area contributed by atoms with E-state index in [0.717, 1.165) is 24.8 Å². The number of carbonyl (C=O) groups is 2. The van der Waals surface area contributed by atoms with Crippen molar-refractivity contribution < 1.29 is 19.4 Å². The fourth-order valence-electron chi connectivity index (χ4n) is 3.76. The van der Waals surface area contributed by atoms with Crippen LogP contribution < -0.4 is 0 Å². The molecule has 1 amide bonds. The van der Waals surface area contributed by atoms with Gasteiger partial charge < -0.3 is 14.7 Å². The van der Waals surface area contributed by atoms with Gasteiger partial charge in [0.2, 0.25) is 0 Å². The zero-order valence-corrected chi connectivity index (χ0v) is 14.4. The molecule has 2 aliphatic heterocycles. The van der Waals surface area contributed by atoms with Crippen molar-refractivity contribution in [3.63, 3.8) is 0 Å². The zero-order chi connectivity index (χ0) is 18.1. The minimum atomic E-state index is -0.975. The minimum absolute atomic E-state index is 0.0160. The molecule has 1 aromatic heterocycles. The summed E-state index contributed by atoms with van der Waals surface area (Å²) in [6, 6.07) is 8.08. The number of nitrogens with zero attached hydrogens (tertiary/aromatic N) is 3. The molecule has 2 aromatic rings. The minimum Gasteiger partial charge on any atom is -0.478 e. The van der Waals surface area contributed by atoms with Gasteiger partial charge in [-0.25, -0.2) is 4.79 Å². The van der Waals surface area contributed by atoms with E-state index in [1.807, 2.05) is 23.1 Å². The van der Waals surface area contributed by atoms with E-state index >= 15 is 0 Å². The number of piperidine rings is 1. The van der Waals surface area contributed by atoms with E-state index in [0.29, 0.717) is 19.7 Å². The molecule has 1 aromatic carbocycles. The number of amides is 1. The van der Waals surface area contributed by atoms with Gasteiger partial charge in [0.1, 0.15) is 0 Å². The second-order valence-corrected chi connectivity index (χ2v) is 6.77. The molecule has 4 rings (SSSR count). The summed E-state index contributed by atoms with van der Waals surface area (Å²) < 4.78 is 7.49. The Morgan fingerprint density at radius 1 is 1.19 bits per heavy atom. The lowest BCUT2D eigenvalue weighted by molar-refractivity contribution is -0.146. The number of hydrogen-bond acceptors (Lipinski definition) is 4. The number of aromatic carboxylic acids is 1. The summed E-state index contributed by atoms with van der Waals surface area (Å²) in [5, 5.41) is 13.2. The van der Waals surface area contributed by atoms with Gasteiger partial charge in [-0.3, -0.25) is 9.48 Å². The van der Waals surface area contributed by atoms with E-state index in [1.54, 1.807) is 10.9 Å². The number of hydrogen-bond donors (Lipinski definition) is 1. The van der Waals surface area contributed by atoms with Crippen LogP contribution >= 0.6 is 0 Å². The van der Waals surface area contributed by atoms with Gasteiger partial charge in [0.15, 0.2) is 6.10 Å². The Balaban J connectivity index is 1.42. The van der Waals surface area contributed by atoms with Crippen LogP contribution in [0, 0.1) is 0 Å². The standard InChI is InChI=1S/C19H21N3O4/c23-18(17-16-4-2-1-3-13(16)7-10-26-17)21-8-5-15(6-9-21)22-12-14(11-20-22)19(24)25/h1-4,11-12,15,17H,5-10H2,(H,24,25). The van der Waals surface area contributed by atoms with Crippen LogP contribution in [0.25, 0.3) is 0 Å². The first-order valence-corrected chi connectivity index (χ1v) is 8.89. The molecule has 7 heteroatoms. The summed E-state index contributed by atoms with van der Waals surface area (Å²) in [5.74, 6) is -0.959. The van der Waals surface area contributed by atoms with Crippen LogP contribution in [0.15, 0.2) is 36.7 Å². The number of likely N-dealkylation sites (tertiary alicyclic amines) is 1. The number of benzene rings is 1. The molecule has 0 saturated carbocycles. The van der Waals surface area contributed by atoms with Crippen molar-refractivity contribution >= 4 is 11.9 Å². The third-order valence-corrected chi connectivity index (χ3v) is 5.22. The van der Waals surface area contributed by atoms with Crippen molar-refractivity contribution in [2.24, 2.45) is 0 Å². The Morgan fingerprint density at radius 3 is 2.69 bits per heavy atom. The maximum Gasteiger partial charge on any atom is 0.338 e. The highest BCUT2D eigenvalue weighted by Gasteiger charge is 2.33. The van der Waals surface area contributed by atoms with E-state index in [2.05, 4.69) is 11.2 Å². The molecule has 0 spiro atoms. The Morgan fingerprint density at radius 2 is 1.96 bits per heavy atom. The average Bonchev–Trinajstić information content (AvgIpc) is 3.18. The monoisotopic (exact) mass is 355 g/mol. The lowest BCUT2D eigenvalue weighted by Gasteiger charge is -2.35. The predicted octanol–water partition coefficient (Wildman–Crippen LogP) is 2.06. The molecule has 0 radical (unpaired) electrons. The van der Waals surface area contributed by atoms with Crippen molar-refractivity contribution in [3.8, 4) is 0 Å². The van der Waals surface area contributed by atoms with E-state index in [1.165, 1.54) is 11.8 Å². The summed E-state index contributed by atoms with van der Waals surface area (Å²) in [4.78, 5) is 25.8. The molecule has 26 heavy (non-hydrogen) atoms. The van der Waals surface area contributed by atoms with Gasteiger partial charge in [-0.1, -0.05) is 24.3 Å². The predicted molar refractivity (Wildman–Crippen MR) is 92.9 cm³/mol. The van der Waals surface area contributed by atoms with Crippen LogP contribution in [0.4, 0.5) is 0 Å². The first kappa shape index (κ1) is 16.8. The third-order valence-electron chi connectivity index (χ3n) is 5.22. The van der Waals surface area contributed by atoms with E-state index in [-0.39, 0.29) is 17.5 Å². The van der Waals surface area contributed by atoms with Crippen LogP contribution in [0.1, 0.15) is 46.5 Å². The zero-order valence-electron chi connectivity index (χ0n) is 14.4. The van der Waals surface area contributed by atoms with E-state index in [4.69, 9.17) is 9.84 Å². The molecule has 1 N–H and O–H groups in total. The highest BCUT2D eigenvalue weighted by atomic mass is 16.5. The average molecular weight is 355 g/mol. The van der Waals surface area contributed by atoms with Gasteiger partial charge in [-0.15, -0.1) is 0 Å². The Labute approximate surface area is 151 Å². The highest BCUT2D eigenvalue weighted by Crippen LogP contribution is 2.31. The van der Waals surface area contributed by atoms with Gasteiger partial charge in [-0.2, -0.15) is 5.10 Å². The second kappa shape index (κ2) is 6.92. The van der Waals surface area contributed by atoms with Gasteiger partial charge >= 0.3 is 5.97 Å². The SMILES string of the molecule is O=C(O)c1cnn(C2CCN(C(=O)C3OCCc4ccccc43)CC2)c1. The number of aromatic nitrogens is 2. The summed E-state index contributed by atoms with van der Waals surface area (Å²) in [7, 11) is 0. The van der Waals surface area contributed by atoms with Crippen LogP contribution in [0.5, 0.6) is 0 Å². The smallest absolute Gasteiger partial charge is 0.338 e. The summed E-state index contributed by atoms with van der Waals surface area (Å²) in [6.07, 6.45) is 4.76. The molecule has 1 saturated heterocycles. The largest absolute Gasteiger partial charge is 0.478 e. The van der Waals surface area contributed by atoms with E-state index in [9.17, 15) is 9.59 Å². The normalized spacial score (nSPS) is 20.6. The number of ether oxygens (including phenoxy) is 1. The number of carboxylic acid groups (broad SMARTS) is 1. The highest BCUT2D eigenvalue weighted by molar-refractivity contribution is 5.86. The van der Waals surface area contributed by atoms with Crippen molar-refractivity contribution in [1.82, 2.24) is 14.7 Å². The maximum atomic E-state index is 13.0. The van der Waals surface area contributed by atoms with Crippen LogP contribution in [-0.4, -0.2) is 51.4 Å². The van der Waals surface area contributed by atoms with Crippen LogP contribution in [0.2, 0.25) is 0 Å². The third kappa shape index (κ3) is 3.10. The summed E-state index contributed by atoms with van der Waals surface area (Å²) in [6.45, 7) is 1.80. The first-order valence-electron chi connectivity index (χ1n) is 8.89. The van der Waals surface area contributed by atoms with Gasteiger partial charge in [-0.05, 0) is 30.4 Å². The fraction of sp³-hybridized carbons (Fsp3) is 0.421. The quantitative estimate of drug-likeness (QED) is 0.911. The molecule has 136 valence electrons. The molecule has 1 atom stereocenters. The molecular weight excluding hydrogens is 334 g/mol. The summed E-state index contributed by atoms with van der Waals surface area (Å²) in [5.41, 5.74) is 2.35.